The van der Waals surface area contributed by atoms with Crippen LogP contribution in [-0.4, -0.2) is 0 Å². The Kier molecular flexibility index (Phi) is 4.48. The van der Waals surface area contributed by atoms with Crippen molar-refractivity contribution in [1.82, 2.24) is 0 Å². The largest absolute Gasteiger partial charge is 0.488 e. The minimum Gasteiger partial charge on any atom is -0.488 e. The summed E-state index contributed by atoms with van der Waals surface area (Å²) >= 11 is 3.51. The second-order valence-corrected chi connectivity index (χ2v) is 5.64. The molecule has 0 atom stereocenters. The van der Waals surface area contributed by atoms with Crippen LogP contribution in [0, 0.1) is 0 Å². The van der Waals surface area contributed by atoms with Crippen LogP contribution in [0.1, 0.15) is 30.9 Å². The van der Waals surface area contributed by atoms with Gasteiger partial charge in [0.2, 0.25) is 0 Å². The van der Waals surface area contributed by atoms with E-state index in [-0.39, 0.29) is 0 Å². The van der Waals surface area contributed by atoms with E-state index in [2.05, 4.69) is 35.8 Å². The highest BCUT2D eigenvalue weighted by molar-refractivity contribution is 9.10. The first-order valence-electron chi connectivity index (χ1n) is 6.34. The lowest BCUT2D eigenvalue weighted by Gasteiger charge is -2.15. The summed E-state index contributed by atoms with van der Waals surface area (Å²) in [6, 6.07) is 13.9. The van der Waals surface area contributed by atoms with Gasteiger partial charge in [-0.1, -0.05) is 54.0 Å². The van der Waals surface area contributed by atoms with Crippen molar-refractivity contribution in [2.45, 2.75) is 26.4 Å². The van der Waals surface area contributed by atoms with E-state index in [1.54, 1.807) is 0 Å². The number of hydrogen-bond donors (Lipinski definition) is 1. The number of nitrogens with two attached hydrogens (primary N) is 1. The Morgan fingerprint density at radius 3 is 2.53 bits per heavy atom. The number of benzene rings is 2. The highest BCUT2D eigenvalue weighted by atomic mass is 79.9. The van der Waals surface area contributed by atoms with Gasteiger partial charge < -0.3 is 10.5 Å². The maximum atomic E-state index is 5.97. The second kappa shape index (κ2) is 6.11. The van der Waals surface area contributed by atoms with Crippen molar-refractivity contribution in [3.63, 3.8) is 0 Å². The van der Waals surface area contributed by atoms with E-state index in [0.717, 1.165) is 21.5 Å². The molecule has 2 rings (SSSR count). The van der Waals surface area contributed by atoms with Gasteiger partial charge in [0.25, 0.3) is 0 Å². The lowest BCUT2D eigenvalue weighted by molar-refractivity contribution is 0.302. The molecule has 0 heterocycles. The highest BCUT2D eigenvalue weighted by Gasteiger charge is 2.09. The fourth-order valence-corrected chi connectivity index (χ4v) is 2.46. The van der Waals surface area contributed by atoms with E-state index in [1.165, 1.54) is 5.56 Å². The van der Waals surface area contributed by atoms with Gasteiger partial charge in [-0.2, -0.15) is 0 Å². The Morgan fingerprint density at radius 1 is 1.11 bits per heavy atom. The van der Waals surface area contributed by atoms with Gasteiger partial charge >= 0.3 is 0 Å². The van der Waals surface area contributed by atoms with Crippen molar-refractivity contribution in [1.29, 1.82) is 0 Å². The zero-order valence-corrected chi connectivity index (χ0v) is 12.8. The predicted octanol–water partition coefficient (Wildman–Crippen LogP) is 4.73. The molecule has 0 bridgehead atoms. The molecule has 100 valence electrons. The smallest absolute Gasteiger partial charge is 0.123 e. The molecule has 0 unspecified atom stereocenters. The standard InChI is InChI=1S/C16H18BrNO/c1-11(2)12-6-3-4-9-16(12)19-10-13-14(17)7-5-8-15(13)18/h3-9,11H,10,18H2,1-2H3. The van der Waals surface area contributed by atoms with Crippen LogP contribution in [0.25, 0.3) is 0 Å². The zero-order chi connectivity index (χ0) is 13.8. The molecule has 0 spiro atoms. The quantitative estimate of drug-likeness (QED) is 0.826. The molecule has 2 aromatic carbocycles. The number of nitrogen functional groups attached to an aromatic ring is 1. The summed E-state index contributed by atoms with van der Waals surface area (Å²) in [5.41, 5.74) is 8.92. The minimum absolute atomic E-state index is 0.438. The first kappa shape index (κ1) is 13.9. The summed E-state index contributed by atoms with van der Waals surface area (Å²) in [6.07, 6.45) is 0. The third-order valence-corrected chi connectivity index (χ3v) is 3.81. The van der Waals surface area contributed by atoms with Crippen molar-refractivity contribution in [3.8, 4) is 5.75 Å². The molecule has 0 saturated carbocycles. The van der Waals surface area contributed by atoms with Crippen molar-refractivity contribution in [2.24, 2.45) is 0 Å². The Hall–Kier alpha value is -1.48. The van der Waals surface area contributed by atoms with Crippen LogP contribution >= 0.6 is 15.9 Å². The van der Waals surface area contributed by atoms with E-state index >= 15 is 0 Å². The average molecular weight is 320 g/mol. The molecular weight excluding hydrogens is 302 g/mol. The van der Waals surface area contributed by atoms with Crippen LogP contribution < -0.4 is 10.5 Å². The number of anilines is 1. The molecule has 19 heavy (non-hydrogen) atoms. The Morgan fingerprint density at radius 2 is 1.84 bits per heavy atom. The Bertz CT molecular complexity index is 546. The van der Waals surface area contributed by atoms with Crippen molar-refractivity contribution >= 4 is 21.6 Å². The summed E-state index contributed by atoms with van der Waals surface area (Å²) in [5, 5.41) is 0. The second-order valence-electron chi connectivity index (χ2n) is 4.79. The van der Waals surface area contributed by atoms with E-state index < -0.39 is 0 Å². The zero-order valence-electron chi connectivity index (χ0n) is 11.2. The summed E-state index contributed by atoms with van der Waals surface area (Å²) in [4.78, 5) is 0. The van der Waals surface area contributed by atoms with E-state index in [0.29, 0.717) is 12.5 Å². The molecule has 0 radical (unpaired) electrons. The van der Waals surface area contributed by atoms with Crippen LogP contribution in [0.5, 0.6) is 5.75 Å². The van der Waals surface area contributed by atoms with Gasteiger partial charge in [0.1, 0.15) is 12.4 Å². The molecule has 0 fully saturated rings. The molecule has 0 aromatic heterocycles. The highest BCUT2D eigenvalue weighted by Crippen LogP contribution is 2.29. The molecule has 0 amide bonds. The molecule has 0 aliphatic heterocycles. The molecular formula is C16H18BrNO. The third kappa shape index (κ3) is 3.29. The Labute approximate surface area is 122 Å². The summed E-state index contributed by atoms with van der Waals surface area (Å²) in [7, 11) is 0. The SMILES string of the molecule is CC(C)c1ccccc1OCc1c(N)cccc1Br. The van der Waals surface area contributed by atoms with Crippen LogP contribution in [0.4, 0.5) is 5.69 Å². The maximum absolute atomic E-state index is 5.97. The predicted molar refractivity (Wildman–Crippen MR) is 83.4 cm³/mol. The average Bonchev–Trinajstić information content (AvgIpc) is 2.38. The van der Waals surface area contributed by atoms with Gasteiger partial charge in [-0.3, -0.25) is 0 Å². The van der Waals surface area contributed by atoms with Gasteiger partial charge in [0, 0.05) is 15.7 Å². The van der Waals surface area contributed by atoms with Gasteiger partial charge in [0.15, 0.2) is 0 Å². The lowest BCUT2D eigenvalue weighted by Crippen LogP contribution is -2.03. The van der Waals surface area contributed by atoms with Crippen molar-refractivity contribution < 1.29 is 4.74 Å². The van der Waals surface area contributed by atoms with Gasteiger partial charge in [-0.05, 0) is 29.7 Å². The number of halogens is 1. The van der Waals surface area contributed by atoms with Gasteiger partial charge in [0.05, 0.1) is 0 Å². The third-order valence-electron chi connectivity index (χ3n) is 3.07. The Balaban J connectivity index is 2.19. The lowest BCUT2D eigenvalue weighted by atomic mass is 10.0. The monoisotopic (exact) mass is 319 g/mol. The molecule has 2 N–H and O–H groups in total. The molecule has 0 saturated heterocycles. The maximum Gasteiger partial charge on any atom is 0.123 e. The van der Waals surface area contributed by atoms with Crippen molar-refractivity contribution in [2.75, 3.05) is 5.73 Å². The topological polar surface area (TPSA) is 35.2 Å². The fourth-order valence-electron chi connectivity index (χ4n) is 1.97. The van der Waals surface area contributed by atoms with Crippen LogP contribution in [-0.2, 0) is 6.61 Å². The van der Waals surface area contributed by atoms with E-state index in [1.807, 2.05) is 36.4 Å². The molecule has 2 nitrogen and oxygen atoms in total. The van der Waals surface area contributed by atoms with Crippen molar-refractivity contribution in [3.05, 3.63) is 58.1 Å². The number of rotatable bonds is 4. The van der Waals surface area contributed by atoms with E-state index in [4.69, 9.17) is 10.5 Å². The van der Waals surface area contributed by atoms with E-state index in [9.17, 15) is 0 Å². The molecule has 0 aliphatic rings. The van der Waals surface area contributed by atoms with Crippen LogP contribution in [0.2, 0.25) is 0 Å². The number of ether oxygens (including phenoxy) is 1. The van der Waals surface area contributed by atoms with Crippen LogP contribution in [0.15, 0.2) is 46.9 Å². The summed E-state index contributed by atoms with van der Waals surface area (Å²) < 4.78 is 6.92. The molecule has 2 aromatic rings. The minimum atomic E-state index is 0.438. The molecule has 0 aliphatic carbocycles. The van der Waals surface area contributed by atoms with Crippen LogP contribution in [0.3, 0.4) is 0 Å². The fraction of sp³-hybridized carbons (Fsp3) is 0.250. The van der Waals surface area contributed by atoms with Gasteiger partial charge in [-0.15, -0.1) is 0 Å². The molecule has 3 heteroatoms. The summed E-state index contributed by atoms with van der Waals surface area (Å²) in [5.74, 6) is 1.36. The number of hydrogen-bond acceptors (Lipinski definition) is 2. The first-order valence-corrected chi connectivity index (χ1v) is 7.13. The first-order chi connectivity index (χ1) is 9.09. The normalized spacial score (nSPS) is 10.7. The van der Waals surface area contributed by atoms with Gasteiger partial charge in [-0.25, -0.2) is 0 Å². The number of para-hydroxylation sites is 1. The summed E-state index contributed by atoms with van der Waals surface area (Å²) in [6.45, 7) is 4.79.